The molecule has 1 saturated heterocycles. The number of hydrogen-bond acceptors (Lipinski definition) is 3. The molecule has 7 nitrogen and oxygen atoms in total. The van der Waals surface area contributed by atoms with Gasteiger partial charge >= 0.3 is 18.2 Å². The van der Waals surface area contributed by atoms with Crippen LogP contribution in [0.3, 0.4) is 0 Å². The molecule has 2 aromatic carbocycles. The van der Waals surface area contributed by atoms with Crippen molar-refractivity contribution in [2.24, 2.45) is 11.3 Å². The maximum Gasteiger partial charge on any atom is 0.490 e. The van der Waals surface area contributed by atoms with Crippen molar-refractivity contribution in [3.8, 4) is 11.1 Å². The third-order valence-corrected chi connectivity index (χ3v) is 6.94. The van der Waals surface area contributed by atoms with Crippen molar-refractivity contribution in [1.82, 2.24) is 14.8 Å². The van der Waals surface area contributed by atoms with Crippen LogP contribution in [0.15, 0.2) is 60.8 Å². The highest BCUT2D eigenvalue weighted by Crippen LogP contribution is 2.37. The standard InChI is InChI=1S/C28H33F2N3O2.C2HF3O2/c1-28(2,3)26(31-15-20-11-12-32(17-20)27(34)35)25-13-21(23-14-22(29)9-10-24(23)30)18-33(25)16-19-7-5-4-6-8-19;3-2(4,5)1(6)7/h4-10,13-14,18,20,26,31H,11-12,15-17H2,1-3H3,(H,34,35);(H,6,7). The molecule has 42 heavy (non-hydrogen) atoms. The molecule has 0 saturated carbocycles. The van der Waals surface area contributed by atoms with Gasteiger partial charge in [0.2, 0.25) is 0 Å². The second-order valence-corrected chi connectivity index (χ2v) is 11.3. The lowest BCUT2D eigenvalue weighted by Crippen LogP contribution is -2.37. The number of rotatable bonds is 7. The average Bonchev–Trinajstić information content (AvgIpc) is 3.53. The molecule has 0 bridgehead atoms. The van der Waals surface area contributed by atoms with Crippen LogP contribution in [0.4, 0.5) is 26.7 Å². The normalized spacial score (nSPS) is 16.1. The van der Waals surface area contributed by atoms with Crippen molar-refractivity contribution < 1.29 is 41.8 Å². The largest absolute Gasteiger partial charge is 0.490 e. The number of nitrogens with one attached hydrogen (secondary N) is 1. The minimum absolute atomic E-state index is 0.0875. The summed E-state index contributed by atoms with van der Waals surface area (Å²) in [4.78, 5) is 21.7. The Labute approximate surface area is 240 Å². The van der Waals surface area contributed by atoms with E-state index in [1.165, 1.54) is 11.0 Å². The lowest BCUT2D eigenvalue weighted by atomic mass is 9.84. The first kappa shape index (κ1) is 32.6. The first-order valence-electron chi connectivity index (χ1n) is 13.3. The molecule has 0 aliphatic carbocycles. The van der Waals surface area contributed by atoms with E-state index >= 15 is 0 Å². The third-order valence-electron chi connectivity index (χ3n) is 6.94. The molecular formula is C30H34F5N3O4. The van der Waals surface area contributed by atoms with Crippen molar-refractivity contribution in [1.29, 1.82) is 0 Å². The molecule has 4 rings (SSSR count). The van der Waals surface area contributed by atoms with Gasteiger partial charge in [-0.1, -0.05) is 51.1 Å². The van der Waals surface area contributed by atoms with Crippen molar-refractivity contribution in [3.05, 3.63) is 83.7 Å². The van der Waals surface area contributed by atoms with E-state index in [4.69, 9.17) is 9.90 Å². The van der Waals surface area contributed by atoms with Gasteiger partial charge in [-0.25, -0.2) is 18.4 Å². The molecule has 1 aromatic heterocycles. The number of benzene rings is 2. The third kappa shape index (κ3) is 8.78. The molecule has 12 heteroatoms. The molecule has 0 spiro atoms. The number of likely N-dealkylation sites (tertiary alicyclic amines) is 1. The zero-order valence-corrected chi connectivity index (χ0v) is 23.5. The smallest absolute Gasteiger partial charge is 0.475 e. The number of halogens is 5. The Bertz CT molecular complexity index is 1370. The van der Waals surface area contributed by atoms with Crippen molar-refractivity contribution >= 4 is 12.1 Å². The predicted octanol–water partition coefficient (Wildman–Crippen LogP) is 6.79. The molecule has 2 unspecified atom stereocenters. The molecule has 3 N–H and O–H groups in total. The summed E-state index contributed by atoms with van der Waals surface area (Å²) in [6.07, 6.45) is -3.25. The van der Waals surface area contributed by atoms with Crippen molar-refractivity contribution in [2.75, 3.05) is 19.6 Å². The van der Waals surface area contributed by atoms with Crippen LogP contribution in [0, 0.1) is 23.0 Å². The summed E-state index contributed by atoms with van der Waals surface area (Å²) in [6.45, 7) is 8.77. The summed E-state index contributed by atoms with van der Waals surface area (Å²) in [5.74, 6) is -3.47. The molecule has 1 amide bonds. The highest BCUT2D eigenvalue weighted by molar-refractivity contribution is 5.73. The highest BCUT2D eigenvalue weighted by Gasteiger charge is 2.38. The topological polar surface area (TPSA) is 94.8 Å². The Morgan fingerprint density at radius 1 is 1.02 bits per heavy atom. The van der Waals surface area contributed by atoms with Gasteiger partial charge < -0.3 is 25.0 Å². The number of aromatic nitrogens is 1. The second kappa shape index (κ2) is 13.4. The molecule has 1 aliphatic heterocycles. The number of aliphatic carboxylic acids is 1. The van der Waals surface area contributed by atoms with Gasteiger partial charge in [0.25, 0.3) is 0 Å². The van der Waals surface area contributed by atoms with Gasteiger partial charge in [-0.2, -0.15) is 13.2 Å². The molecular weight excluding hydrogens is 561 g/mol. The van der Waals surface area contributed by atoms with E-state index in [2.05, 4.69) is 30.7 Å². The zero-order valence-electron chi connectivity index (χ0n) is 23.5. The molecule has 228 valence electrons. The summed E-state index contributed by atoms with van der Waals surface area (Å²) in [5.41, 5.74) is 2.76. The first-order chi connectivity index (χ1) is 19.6. The fourth-order valence-corrected chi connectivity index (χ4v) is 4.87. The Kier molecular flexibility index (Phi) is 10.4. The van der Waals surface area contributed by atoms with Crippen LogP contribution in [0.1, 0.15) is 44.5 Å². The quantitative estimate of drug-likeness (QED) is 0.262. The van der Waals surface area contributed by atoms with Crippen LogP contribution in [0.2, 0.25) is 0 Å². The highest BCUT2D eigenvalue weighted by atomic mass is 19.4. The zero-order chi connectivity index (χ0) is 31.2. The monoisotopic (exact) mass is 595 g/mol. The molecule has 3 aromatic rings. The fraction of sp³-hybridized carbons (Fsp3) is 0.400. The van der Waals surface area contributed by atoms with Crippen molar-refractivity contribution in [3.63, 3.8) is 0 Å². The number of nitrogens with zero attached hydrogens (tertiary/aromatic N) is 2. The lowest BCUT2D eigenvalue weighted by Gasteiger charge is -2.33. The fourth-order valence-electron chi connectivity index (χ4n) is 4.87. The van der Waals surface area contributed by atoms with Crippen LogP contribution in [-0.2, 0) is 11.3 Å². The van der Waals surface area contributed by atoms with Gasteiger partial charge in [0.15, 0.2) is 0 Å². The van der Waals surface area contributed by atoms with Crippen molar-refractivity contribution in [2.45, 2.75) is 46.0 Å². The van der Waals surface area contributed by atoms with E-state index in [1.54, 1.807) is 0 Å². The van der Waals surface area contributed by atoms with E-state index in [1.807, 2.05) is 42.6 Å². The molecule has 0 radical (unpaired) electrons. The Balaban J connectivity index is 0.000000616. The van der Waals surface area contributed by atoms with Gasteiger partial charge in [-0.3, -0.25) is 0 Å². The van der Waals surface area contributed by atoms with E-state index < -0.39 is 29.9 Å². The van der Waals surface area contributed by atoms with Crippen LogP contribution < -0.4 is 5.32 Å². The number of alkyl halides is 3. The SMILES string of the molecule is CC(C)(C)C(NCC1CCN(C(=O)O)C1)c1cc(-c2cc(F)ccc2F)cn1Cc1ccccc1.O=C(O)C(F)(F)F. The van der Waals surface area contributed by atoms with Crippen LogP contribution in [0.5, 0.6) is 0 Å². The molecule has 1 fully saturated rings. The summed E-state index contributed by atoms with van der Waals surface area (Å²) in [5, 5.41) is 20.1. The van der Waals surface area contributed by atoms with E-state index in [-0.39, 0.29) is 22.9 Å². The first-order valence-corrected chi connectivity index (χ1v) is 13.3. The predicted molar refractivity (Wildman–Crippen MR) is 147 cm³/mol. The van der Waals surface area contributed by atoms with Gasteiger partial charge in [0.05, 0.1) is 6.04 Å². The number of amides is 1. The number of carboxylic acid groups (broad SMARTS) is 2. The van der Waals surface area contributed by atoms with Gasteiger partial charge in [-0.15, -0.1) is 0 Å². The maximum absolute atomic E-state index is 14.7. The summed E-state index contributed by atoms with van der Waals surface area (Å²) in [6, 6.07) is 15.4. The van der Waals surface area contributed by atoms with Crippen LogP contribution >= 0.6 is 0 Å². The number of carbonyl (C=O) groups is 2. The summed E-state index contributed by atoms with van der Waals surface area (Å²) >= 11 is 0. The van der Waals surface area contributed by atoms with Crippen LogP contribution in [-0.4, -0.2) is 57.6 Å². The van der Waals surface area contributed by atoms with E-state index in [9.17, 15) is 31.9 Å². The Morgan fingerprint density at radius 2 is 1.67 bits per heavy atom. The number of carboxylic acids is 1. The average molecular weight is 596 g/mol. The molecule has 1 aliphatic rings. The lowest BCUT2D eigenvalue weighted by molar-refractivity contribution is -0.192. The van der Waals surface area contributed by atoms with Gasteiger partial charge in [0, 0.05) is 49.2 Å². The minimum atomic E-state index is -5.08. The summed E-state index contributed by atoms with van der Waals surface area (Å²) in [7, 11) is 0. The molecule has 2 atom stereocenters. The van der Waals surface area contributed by atoms with Crippen LogP contribution in [0.25, 0.3) is 11.1 Å². The minimum Gasteiger partial charge on any atom is -0.475 e. The Morgan fingerprint density at radius 3 is 2.21 bits per heavy atom. The number of hydrogen-bond donors (Lipinski definition) is 3. The van der Waals surface area contributed by atoms with E-state index in [0.29, 0.717) is 31.7 Å². The van der Waals surface area contributed by atoms with Gasteiger partial charge in [-0.05, 0) is 47.6 Å². The summed E-state index contributed by atoms with van der Waals surface area (Å²) < 4.78 is 62.5. The second-order valence-electron chi connectivity index (χ2n) is 11.3. The molecule has 2 heterocycles. The van der Waals surface area contributed by atoms with Gasteiger partial charge in [0.1, 0.15) is 11.6 Å². The van der Waals surface area contributed by atoms with E-state index in [0.717, 1.165) is 29.8 Å². The maximum atomic E-state index is 14.7. The Hall–Kier alpha value is -3.93.